The molecule has 0 radical (unpaired) electrons. The van der Waals surface area contributed by atoms with E-state index >= 15 is 0 Å². The second-order valence-electron chi connectivity index (χ2n) is 3.98. The van der Waals surface area contributed by atoms with Gasteiger partial charge < -0.3 is 4.98 Å². The molecule has 2 aromatic rings. The Hall–Kier alpha value is -1.49. The van der Waals surface area contributed by atoms with Crippen molar-refractivity contribution < 1.29 is 21.4 Å². The Morgan fingerprint density at radius 3 is 2.37 bits per heavy atom. The van der Waals surface area contributed by atoms with Crippen LogP contribution in [0.15, 0.2) is 28.3 Å². The van der Waals surface area contributed by atoms with Gasteiger partial charge in [-0.15, -0.1) is 0 Å². The molecule has 2 rings (SSSR count). The van der Waals surface area contributed by atoms with Crippen LogP contribution in [-0.2, 0) is 20.1 Å². The number of nitrogens with zero attached hydrogens (tertiary/aromatic N) is 2. The normalized spacial score (nSPS) is 13.3. The van der Waals surface area contributed by atoms with Gasteiger partial charge in [0.15, 0.2) is 0 Å². The topological polar surface area (TPSA) is 120 Å². The Kier molecular flexibility index (Phi) is 3.13. The van der Waals surface area contributed by atoms with Gasteiger partial charge in [0.1, 0.15) is 0 Å². The molecule has 0 saturated carbocycles. The quantitative estimate of drug-likeness (QED) is 0.774. The molecule has 0 amide bonds. The zero-order valence-electron chi connectivity index (χ0n) is 10.0. The molecule has 1 aromatic carbocycles. The third-order valence-corrected chi connectivity index (χ3v) is 4.95. The number of hydrogen-bond donors (Lipinski definition) is 2. The SMILES string of the molecule is CN(C)S(=O)(=O)c1ccc2nc(S(=O)(=O)O)[nH]c2c1. The number of aromatic nitrogens is 2. The standard InChI is InChI=1S/C9H11N3O5S2/c1-12(2)18(13,14)6-3-4-7-8(5-6)11-9(10-7)19(15,16)17/h3-5H,1-2H3,(H,10,11)(H,15,16,17). The summed E-state index contributed by atoms with van der Waals surface area (Å²) in [4.78, 5) is 6.00. The van der Waals surface area contributed by atoms with Crippen molar-refractivity contribution in [2.45, 2.75) is 10.1 Å². The van der Waals surface area contributed by atoms with Crippen LogP contribution < -0.4 is 0 Å². The van der Waals surface area contributed by atoms with Gasteiger partial charge in [0.05, 0.1) is 15.9 Å². The lowest BCUT2D eigenvalue weighted by atomic mass is 10.3. The molecule has 19 heavy (non-hydrogen) atoms. The summed E-state index contributed by atoms with van der Waals surface area (Å²) >= 11 is 0. The van der Waals surface area contributed by atoms with E-state index < -0.39 is 25.3 Å². The fourth-order valence-corrected chi connectivity index (χ4v) is 2.84. The van der Waals surface area contributed by atoms with E-state index in [4.69, 9.17) is 4.55 Å². The van der Waals surface area contributed by atoms with Crippen molar-refractivity contribution in [1.29, 1.82) is 0 Å². The summed E-state index contributed by atoms with van der Waals surface area (Å²) in [7, 11) is -5.31. The summed E-state index contributed by atoms with van der Waals surface area (Å²) in [6, 6.07) is 3.93. The Labute approximate surface area is 109 Å². The monoisotopic (exact) mass is 305 g/mol. The maximum Gasteiger partial charge on any atom is 0.328 e. The summed E-state index contributed by atoms with van der Waals surface area (Å²) in [5.41, 5.74) is 0.445. The van der Waals surface area contributed by atoms with Gasteiger partial charge in [-0.05, 0) is 18.2 Å². The molecule has 10 heteroatoms. The number of rotatable bonds is 3. The van der Waals surface area contributed by atoms with Gasteiger partial charge in [0.2, 0.25) is 10.0 Å². The molecule has 0 fully saturated rings. The van der Waals surface area contributed by atoms with Crippen molar-refractivity contribution in [3.05, 3.63) is 18.2 Å². The van der Waals surface area contributed by atoms with Crippen molar-refractivity contribution in [2.24, 2.45) is 0 Å². The predicted octanol–water partition coefficient (Wildman–Crippen LogP) is 0.0599. The first-order valence-electron chi connectivity index (χ1n) is 5.02. The van der Waals surface area contributed by atoms with Crippen LogP contribution in [0.1, 0.15) is 0 Å². The molecule has 0 saturated heterocycles. The largest absolute Gasteiger partial charge is 0.328 e. The summed E-state index contributed by atoms with van der Waals surface area (Å²) in [6.07, 6.45) is 0. The van der Waals surface area contributed by atoms with E-state index in [2.05, 4.69) is 9.97 Å². The van der Waals surface area contributed by atoms with Gasteiger partial charge in [-0.3, -0.25) is 4.55 Å². The van der Waals surface area contributed by atoms with Crippen LogP contribution >= 0.6 is 0 Å². The molecule has 0 aliphatic rings. The summed E-state index contributed by atoms with van der Waals surface area (Å²) in [5, 5.41) is -0.623. The molecule has 0 aliphatic carbocycles. The zero-order chi connectivity index (χ0) is 14.4. The van der Waals surface area contributed by atoms with Crippen molar-refractivity contribution in [1.82, 2.24) is 14.3 Å². The Morgan fingerprint density at radius 2 is 1.84 bits per heavy atom. The van der Waals surface area contributed by atoms with Crippen LogP contribution in [0.3, 0.4) is 0 Å². The lowest BCUT2D eigenvalue weighted by Crippen LogP contribution is -2.22. The first-order valence-corrected chi connectivity index (χ1v) is 7.90. The highest BCUT2D eigenvalue weighted by atomic mass is 32.2. The smallest absolute Gasteiger partial charge is 0.327 e. The van der Waals surface area contributed by atoms with E-state index in [1.54, 1.807) is 0 Å². The number of fused-ring (bicyclic) bond motifs is 1. The first-order chi connectivity index (χ1) is 8.62. The van der Waals surface area contributed by atoms with Crippen molar-refractivity contribution in [3.63, 3.8) is 0 Å². The van der Waals surface area contributed by atoms with Crippen molar-refractivity contribution in [2.75, 3.05) is 14.1 Å². The number of aromatic amines is 1. The summed E-state index contributed by atoms with van der Waals surface area (Å²) < 4.78 is 55.6. The average molecular weight is 305 g/mol. The number of nitrogens with one attached hydrogen (secondary N) is 1. The lowest BCUT2D eigenvalue weighted by molar-refractivity contribution is 0.476. The maximum absolute atomic E-state index is 11.9. The number of hydrogen-bond acceptors (Lipinski definition) is 5. The van der Waals surface area contributed by atoms with Crippen LogP contribution in [0, 0.1) is 0 Å². The molecule has 1 heterocycles. The minimum Gasteiger partial charge on any atom is -0.327 e. The van der Waals surface area contributed by atoms with Crippen LogP contribution in [0.2, 0.25) is 0 Å². The Morgan fingerprint density at radius 1 is 1.21 bits per heavy atom. The number of H-pyrrole nitrogens is 1. The number of sulfonamides is 1. The minimum atomic E-state index is -4.46. The van der Waals surface area contributed by atoms with E-state index in [0.717, 1.165) is 4.31 Å². The molecule has 2 N–H and O–H groups in total. The summed E-state index contributed by atoms with van der Waals surface area (Å²) in [5.74, 6) is 0. The molecule has 0 aliphatic heterocycles. The summed E-state index contributed by atoms with van der Waals surface area (Å²) in [6.45, 7) is 0. The molecular weight excluding hydrogens is 294 g/mol. The second kappa shape index (κ2) is 4.27. The molecular formula is C9H11N3O5S2. The van der Waals surface area contributed by atoms with Gasteiger partial charge in [-0.1, -0.05) is 0 Å². The van der Waals surface area contributed by atoms with E-state index in [1.807, 2.05) is 0 Å². The Balaban J connectivity index is 2.66. The van der Waals surface area contributed by atoms with Crippen LogP contribution in [-0.4, -0.2) is 49.8 Å². The third kappa shape index (κ3) is 2.47. The number of imidazole rings is 1. The van der Waals surface area contributed by atoms with Crippen molar-refractivity contribution >= 4 is 31.2 Å². The van der Waals surface area contributed by atoms with Gasteiger partial charge in [-0.2, -0.15) is 8.42 Å². The fourth-order valence-electron chi connectivity index (χ4n) is 1.46. The maximum atomic E-state index is 11.9. The van der Waals surface area contributed by atoms with Crippen LogP contribution in [0.4, 0.5) is 0 Å². The van der Waals surface area contributed by atoms with E-state index in [-0.39, 0.29) is 15.9 Å². The van der Waals surface area contributed by atoms with Gasteiger partial charge in [0.25, 0.3) is 5.16 Å². The molecule has 8 nitrogen and oxygen atoms in total. The molecule has 0 spiro atoms. The molecule has 0 atom stereocenters. The van der Waals surface area contributed by atoms with Gasteiger partial charge in [0, 0.05) is 14.1 Å². The highest BCUT2D eigenvalue weighted by molar-refractivity contribution is 7.89. The Bertz CT molecular complexity index is 836. The second-order valence-corrected chi connectivity index (χ2v) is 7.47. The van der Waals surface area contributed by atoms with Crippen LogP contribution in [0.25, 0.3) is 11.0 Å². The third-order valence-electron chi connectivity index (χ3n) is 2.45. The van der Waals surface area contributed by atoms with E-state index in [1.165, 1.54) is 32.3 Å². The molecule has 1 aromatic heterocycles. The molecule has 104 valence electrons. The lowest BCUT2D eigenvalue weighted by Gasteiger charge is -2.10. The molecule has 0 unspecified atom stereocenters. The van der Waals surface area contributed by atoms with Gasteiger partial charge in [-0.25, -0.2) is 17.7 Å². The van der Waals surface area contributed by atoms with E-state index in [0.29, 0.717) is 0 Å². The van der Waals surface area contributed by atoms with Crippen LogP contribution in [0.5, 0.6) is 0 Å². The highest BCUT2D eigenvalue weighted by Gasteiger charge is 2.20. The number of benzene rings is 1. The average Bonchev–Trinajstić information content (AvgIpc) is 2.70. The van der Waals surface area contributed by atoms with E-state index in [9.17, 15) is 16.8 Å². The van der Waals surface area contributed by atoms with Crippen molar-refractivity contribution in [3.8, 4) is 0 Å². The van der Waals surface area contributed by atoms with Gasteiger partial charge >= 0.3 is 10.1 Å². The fraction of sp³-hybridized carbons (Fsp3) is 0.222. The first kappa shape index (κ1) is 13.9. The molecule has 0 bridgehead atoms. The predicted molar refractivity (Wildman–Crippen MR) is 66.8 cm³/mol. The minimum absolute atomic E-state index is 0.00413. The highest BCUT2D eigenvalue weighted by Crippen LogP contribution is 2.20. The zero-order valence-corrected chi connectivity index (χ0v) is 11.7.